The largest absolute Gasteiger partial charge is 0.431 e. The zero-order valence-electron chi connectivity index (χ0n) is 10.6. The lowest BCUT2D eigenvalue weighted by Gasteiger charge is -2.30. The summed E-state index contributed by atoms with van der Waals surface area (Å²) in [6.45, 7) is 2.96. The maximum Gasteiger partial charge on any atom is 0.431 e. The molecule has 0 aliphatic rings. The van der Waals surface area contributed by atoms with Crippen molar-refractivity contribution in [3.8, 4) is 0 Å². The number of alkyl halides is 6. The van der Waals surface area contributed by atoms with E-state index < -0.39 is 39.8 Å². The third kappa shape index (κ3) is 3.28. The number of halogens is 6. The van der Waals surface area contributed by atoms with Gasteiger partial charge >= 0.3 is 12.4 Å². The monoisotopic (exact) mass is 336 g/mol. The standard InChI is InChI=1S/C10H10F6N2O2S/c1-4(2)6(19)18-7-17-3-5(21-7)8(20,9(11,12)13)10(14,15)16/h3-4,20H,1-2H3,(H,17,18,19). The summed E-state index contributed by atoms with van der Waals surface area (Å²) in [6.07, 6.45) is -11.7. The van der Waals surface area contributed by atoms with Crippen LogP contribution in [-0.4, -0.2) is 28.4 Å². The topological polar surface area (TPSA) is 62.2 Å². The number of carbonyl (C=O) groups excluding carboxylic acids is 1. The Labute approximate surface area is 118 Å². The molecule has 0 unspecified atom stereocenters. The predicted molar refractivity (Wildman–Crippen MR) is 61.6 cm³/mol. The van der Waals surface area contributed by atoms with Crippen LogP contribution in [0.5, 0.6) is 0 Å². The van der Waals surface area contributed by atoms with Crippen molar-refractivity contribution in [2.45, 2.75) is 31.8 Å². The minimum absolute atomic E-state index is 0.0938. The van der Waals surface area contributed by atoms with E-state index in [9.17, 15) is 31.1 Å². The molecule has 1 aromatic heterocycles. The van der Waals surface area contributed by atoms with E-state index in [0.29, 0.717) is 0 Å². The normalized spacial score (nSPS) is 13.6. The van der Waals surface area contributed by atoms with Crippen LogP contribution in [0.4, 0.5) is 31.5 Å². The van der Waals surface area contributed by atoms with Gasteiger partial charge in [0.05, 0.1) is 4.88 Å². The van der Waals surface area contributed by atoms with Crippen LogP contribution in [0, 0.1) is 5.92 Å². The lowest BCUT2D eigenvalue weighted by atomic mass is 10.0. The predicted octanol–water partition coefficient (Wildman–Crippen LogP) is 3.05. The Hall–Kier alpha value is -1.36. The molecule has 4 nitrogen and oxygen atoms in total. The van der Waals surface area contributed by atoms with Crippen LogP contribution in [0.2, 0.25) is 0 Å². The van der Waals surface area contributed by atoms with Gasteiger partial charge in [0, 0.05) is 12.1 Å². The quantitative estimate of drug-likeness (QED) is 0.834. The van der Waals surface area contributed by atoms with Crippen LogP contribution in [0.1, 0.15) is 18.7 Å². The van der Waals surface area contributed by atoms with Gasteiger partial charge in [-0.25, -0.2) is 4.98 Å². The Kier molecular flexibility index (Phi) is 4.59. The number of thiazole rings is 1. The van der Waals surface area contributed by atoms with Gasteiger partial charge in [0.15, 0.2) is 5.13 Å². The van der Waals surface area contributed by atoms with E-state index in [0.717, 1.165) is 0 Å². The molecule has 0 aromatic carbocycles. The van der Waals surface area contributed by atoms with Crippen molar-refractivity contribution in [2.75, 3.05) is 5.32 Å². The van der Waals surface area contributed by atoms with Crippen molar-refractivity contribution in [1.82, 2.24) is 4.98 Å². The second-order valence-corrected chi connectivity index (χ2v) is 5.41. The van der Waals surface area contributed by atoms with Crippen LogP contribution < -0.4 is 5.32 Å². The number of hydrogen-bond donors (Lipinski definition) is 2. The van der Waals surface area contributed by atoms with E-state index in [1.807, 2.05) is 0 Å². The van der Waals surface area contributed by atoms with Crippen molar-refractivity contribution >= 4 is 22.4 Å². The molecule has 120 valence electrons. The van der Waals surface area contributed by atoms with Crippen molar-refractivity contribution in [1.29, 1.82) is 0 Å². The molecule has 0 aliphatic heterocycles. The van der Waals surface area contributed by atoms with Gasteiger partial charge in [-0.3, -0.25) is 4.79 Å². The van der Waals surface area contributed by atoms with Crippen LogP contribution in [0.15, 0.2) is 6.20 Å². The molecule has 0 fully saturated rings. The molecular formula is C10H10F6N2O2S. The molecule has 21 heavy (non-hydrogen) atoms. The third-order valence-electron chi connectivity index (χ3n) is 2.44. The van der Waals surface area contributed by atoms with Gasteiger partial charge in [-0.1, -0.05) is 25.2 Å². The fourth-order valence-electron chi connectivity index (χ4n) is 1.19. The Morgan fingerprint density at radius 3 is 2.10 bits per heavy atom. The van der Waals surface area contributed by atoms with E-state index >= 15 is 0 Å². The molecule has 0 bridgehead atoms. The summed E-state index contributed by atoms with van der Waals surface area (Å²) in [6, 6.07) is 0. The Morgan fingerprint density at radius 2 is 1.71 bits per heavy atom. The SMILES string of the molecule is CC(C)C(=O)Nc1ncc(C(O)(C(F)(F)F)C(F)(F)F)s1. The summed E-state index contributed by atoms with van der Waals surface area (Å²) in [5, 5.41) is 10.7. The van der Waals surface area contributed by atoms with Crippen LogP contribution in [0.25, 0.3) is 0 Å². The summed E-state index contributed by atoms with van der Waals surface area (Å²) < 4.78 is 75.6. The number of aliphatic hydroxyl groups is 1. The summed E-state index contributed by atoms with van der Waals surface area (Å²) in [5.74, 6) is -1.17. The molecule has 1 aromatic rings. The Bertz CT molecular complexity index is 508. The first-order chi connectivity index (χ1) is 9.30. The Balaban J connectivity index is 3.20. The zero-order valence-corrected chi connectivity index (χ0v) is 11.4. The first kappa shape index (κ1) is 17.7. The first-order valence-corrected chi connectivity index (χ1v) is 6.25. The first-order valence-electron chi connectivity index (χ1n) is 5.43. The van der Waals surface area contributed by atoms with Gasteiger partial charge < -0.3 is 10.4 Å². The number of amides is 1. The minimum atomic E-state index is -5.98. The van der Waals surface area contributed by atoms with E-state index in [1.165, 1.54) is 13.8 Å². The summed E-state index contributed by atoms with van der Waals surface area (Å²) in [7, 11) is 0. The van der Waals surface area contributed by atoms with E-state index in [4.69, 9.17) is 5.11 Å². The number of nitrogens with one attached hydrogen (secondary N) is 1. The smallest absolute Gasteiger partial charge is 0.369 e. The molecule has 1 amide bonds. The van der Waals surface area contributed by atoms with Gasteiger partial charge in [0.1, 0.15) is 0 Å². The highest BCUT2D eigenvalue weighted by Gasteiger charge is 2.72. The molecule has 0 aliphatic carbocycles. The molecule has 0 saturated heterocycles. The van der Waals surface area contributed by atoms with Crippen LogP contribution in [-0.2, 0) is 10.4 Å². The minimum Gasteiger partial charge on any atom is -0.369 e. The fourth-order valence-corrected chi connectivity index (χ4v) is 2.14. The molecule has 0 atom stereocenters. The molecule has 11 heteroatoms. The zero-order chi connectivity index (χ0) is 16.6. The highest BCUT2D eigenvalue weighted by Crippen LogP contribution is 2.51. The van der Waals surface area contributed by atoms with Gasteiger partial charge in [0.25, 0.3) is 5.60 Å². The van der Waals surface area contributed by atoms with Crippen molar-refractivity contribution in [3.05, 3.63) is 11.1 Å². The number of aromatic nitrogens is 1. The molecular weight excluding hydrogens is 326 g/mol. The van der Waals surface area contributed by atoms with Gasteiger partial charge in [-0.2, -0.15) is 26.3 Å². The van der Waals surface area contributed by atoms with E-state index in [1.54, 1.807) is 0 Å². The molecule has 2 N–H and O–H groups in total. The summed E-state index contributed by atoms with van der Waals surface area (Å²) >= 11 is -0.0938. The average Bonchev–Trinajstić information content (AvgIpc) is 2.73. The molecule has 0 saturated carbocycles. The van der Waals surface area contributed by atoms with Gasteiger partial charge in [-0.05, 0) is 0 Å². The maximum atomic E-state index is 12.6. The number of carbonyl (C=O) groups is 1. The Morgan fingerprint density at radius 1 is 1.24 bits per heavy atom. The second-order valence-electron chi connectivity index (χ2n) is 4.38. The molecule has 1 rings (SSSR count). The lowest BCUT2D eigenvalue weighted by molar-refractivity contribution is -0.375. The van der Waals surface area contributed by atoms with Gasteiger partial charge in [-0.15, -0.1) is 0 Å². The third-order valence-corrected chi connectivity index (χ3v) is 3.46. The summed E-state index contributed by atoms with van der Waals surface area (Å²) in [5.41, 5.74) is -5.03. The van der Waals surface area contributed by atoms with Crippen LogP contribution in [0.3, 0.4) is 0 Å². The maximum absolute atomic E-state index is 12.6. The average molecular weight is 336 g/mol. The van der Waals surface area contributed by atoms with Crippen molar-refractivity contribution in [2.24, 2.45) is 5.92 Å². The number of nitrogens with zero attached hydrogens (tertiary/aromatic N) is 1. The fraction of sp³-hybridized carbons (Fsp3) is 0.600. The highest BCUT2D eigenvalue weighted by molar-refractivity contribution is 7.15. The van der Waals surface area contributed by atoms with Crippen molar-refractivity contribution in [3.63, 3.8) is 0 Å². The van der Waals surface area contributed by atoms with Gasteiger partial charge in [0.2, 0.25) is 5.91 Å². The number of hydrogen-bond acceptors (Lipinski definition) is 4. The number of rotatable bonds is 3. The molecule has 1 heterocycles. The molecule has 0 radical (unpaired) electrons. The van der Waals surface area contributed by atoms with Crippen LogP contribution >= 0.6 is 11.3 Å². The van der Waals surface area contributed by atoms with Crippen molar-refractivity contribution < 1.29 is 36.2 Å². The molecule has 0 spiro atoms. The number of anilines is 1. The lowest BCUT2D eigenvalue weighted by Crippen LogP contribution is -2.53. The second kappa shape index (κ2) is 5.44. The summed E-state index contributed by atoms with van der Waals surface area (Å²) in [4.78, 5) is 13.1. The van der Waals surface area contributed by atoms with E-state index in [-0.39, 0.29) is 17.5 Å². The highest BCUT2D eigenvalue weighted by atomic mass is 32.1. The van der Waals surface area contributed by atoms with E-state index in [2.05, 4.69) is 10.3 Å².